The van der Waals surface area contributed by atoms with E-state index in [1.807, 2.05) is 30.3 Å². The first kappa shape index (κ1) is 25.3. The molecule has 1 fully saturated rings. The Bertz CT molecular complexity index is 1350. The lowest BCUT2D eigenvalue weighted by molar-refractivity contribution is -0.123. The van der Waals surface area contributed by atoms with Gasteiger partial charge >= 0.3 is 12.0 Å². The standard InChI is InChI=1S/C25H20BrClN2O7/c1-33-19-11-15(20(26)21(27)22(19)35-13-14-6-4-3-5-7-14)10-17-23(30)29(25(32)28-17)12-16-8-9-18(36-16)24(31)34-2/h3-11H,12-13H2,1-2H3,(H,28,32)/b17-10-. The molecule has 3 amide bonds. The number of esters is 1. The van der Waals surface area contributed by atoms with Gasteiger partial charge in [-0.2, -0.15) is 0 Å². The van der Waals surface area contributed by atoms with Gasteiger partial charge in [0.2, 0.25) is 5.76 Å². The molecular formula is C25H20BrClN2O7. The maximum Gasteiger partial charge on any atom is 0.373 e. The zero-order chi connectivity index (χ0) is 25.8. The van der Waals surface area contributed by atoms with Gasteiger partial charge < -0.3 is 23.9 Å². The van der Waals surface area contributed by atoms with Crippen LogP contribution >= 0.6 is 27.5 Å². The molecule has 2 heterocycles. The van der Waals surface area contributed by atoms with Crippen molar-refractivity contribution in [3.05, 3.63) is 86.4 Å². The van der Waals surface area contributed by atoms with Gasteiger partial charge in [0.1, 0.15) is 23.1 Å². The largest absolute Gasteiger partial charge is 0.493 e. The molecule has 0 spiro atoms. The molecule has 1 aliphatic heterocycles. The number of furan rings is 1. The molecule has 0 radical (unpaired) electrons. The summed E-state index contributed by atoms with van der Waals surface area (Å²) < 4.78 is 21.8. The number of rotatable bonds is 8. The van der Waals surface area contributed by atoms with Gasteiger partial charge in [-0.15, -0.1) is 0 Å². The van der Waals surface area contributed by atoms with E-state index in [0.29, 0.717) is 21.5 Å². The number of ether oxygens (including phenoxy) is 3. The van der Waals surface area contributed by atoms with E-state index in [2.05, 4.69) is 26.0 Å². The van der Waals surface area contributed by atoms with E-state index in [1.165, 1.54) is 32.4 Å². The monoisotopic (exact) mass is 574 g/mol. The van der Waals surface area contributed by atoms with Crippen molar-refractivity contribution in [1.29, 1.82) is 0 Å². The summed E-state index contributed by atoms with van der Waals surface area (Å²) in [6.07, 6.45) is 1.47. The SMILES string of the molecule is COC(=O)c1ccc(CN2C(=O)N/C(=C\c3cc(OC)c(OCc4ccccc4)c(Cl)c3Br)C2=O)o1. The predicted molar refractivity (Wildman–Crippen MR) is 134 cm³/mol. The number of urea groups is 1. The average molecular weight is 576 g/mol. The summed E-state index contributed by atoms with van der Waals surface area (Å²) in [5.74, 6) is -0.347. The lowest BCUT2D eigenvalue weighted by Gasteiger charge is -2.15. The first-order valence-corrected chi connectivity index (χ1v) is 11.7. The van der Waals surface area contributed by atoms with Gasteiger partial charge in [-0.3, -0.25) is 9.69 Å². The Morgan fingerprint density at radius 2 is 1.92 bits per heavy atom. The van der Waals surface area contributed by atoms with Crippen LogP contribution in [0.1, 0.15) is 27.4 Å². The first-order valence-electron chi connectivity index (χ1n) is 10.6. The maximum absolute atomic E-state index is 12.9. The topological polar surface area (TPSA) is 107 Å². The van der Waals surface area contributed by atoms with E-state index in [4.69, 9.17) is 25.5 Å². The third kappa shape index (κ3) is 5.24. The van der Waals surface area contributed by atoms with Crippen LogP contribution in [0, 0.1) is 0 Å². The first-order chi connectivity index (χ1) is 17.3. The normalized spacial score (nSPS) is 14.2. The smallest absolute Gasteiger partial charge is 0.373 e. The van der Waals surface area contributed by atoms with Crippen molar-refractivity contribution >= 4 is 51.5 Å². The minimum absolute atomic E-state index is 0.0246. The molecule has 0 aliphatic carbocycles. The number of carbonyl (C=O) groups excluding carboxylic acids is 3. The molecule has 3 aromatic rings. The number of methoxy groups -OCH3 is 2. The molecule has 0 unspecified atom stereocenters. The van der Waals surface area contributed by atoms with Crippen LogP contribution in [0.15, 0.2) is 63.1 Å². The molecule has 36 heavy (non-hydrogen) atoms. The van der Waals surface area contributed by atoms with Crippen molar-refractivity contribution in [1.82, 2.24) is 10.2 Å². The van der Waals surface area contributed by atoms with Crippen molar-refractivity contribution in [2.45, 2.75) is 13.2 Å². The highest BCUT2D eigenvalue weighted by molar-refractivity contribution is 9.10. The van der Waals surface area contributed by atoms with Gasteiger partial charge in [-0.1, -0.05) is 41.9 Å². The second kappa shape index (κ2) is 10.9. The van der Waals surface area contributed by atoms with Gasteiger partial charge in [0.05, 0.1) is 20.8 Å². The number of amides is 3. The summed E-state index contributed by atoms with van der Waals surface area (Å²) in [4.78, 5) is 37.9. The average Bonchev–Trinajstić information content (AvgIpc) is 3.46. The summed E-state index contributed by atoms with van der Waals surface area (Å²) in [7, 11) is 2.70. The van der Waals surface area contributed by atoms with Crippen LogP contribution in [0.2, 0.25) is 5.02 Å². The number of hydrogen-bond donors (Lipinski definition) is 1. The van der Waals surface area contributed by atoms with E-state index < -0.39 is 17.9 Å². The highest BCUT2D eigenvalue weighted by Crippen LogP contribution is 2.43. The van der Waals surface area contributed by atoms with Crippen LogP contribution in [0.5, 0.6) is 11.5 Å². The van der Waals surface area contributed by atoms with E-state index in [-0.39, 0.29) is 35.4 Å². The van der Waals surface area contributed by atoms with Crippen LogP contribution in [0.4, 0.5) is 4.79 Å². The number of hydrogen-bond acceptors (Lipinski definition) is 7. The Balaban J connectivity index is 1.56. The van der Waals surface area contributed by atoms with Gasteiger partial charge in [0, 0.05) is 4.47 Å². The molecule has 11 heteroatoms. The number of benzene rings is 2. The van der Waals surface area contributed by atoms with Crippen molar-refractivity contribution < 1.29 is 33.0 Å². The Hall–Kier alpha value is -3.76. The zero-order valence-corrected chi connectivity index (χ0v) is 21.5. The third-order valence-electron chi connectivity index (χ3n) is 5.23. The third-order valence-corrected chi connectivity index (χ3v) is 6.67. The van der Waals surface area contributed by atoms with Crippen LogP contribution in [0.25, 0.3) is 6.08 Å². The molecule has 0 atom stereocenters. The number of halogens is 2. The van der Waals surface area contributed by atoms with Crippen molar-refractivity contribution in [2.75, 3.05) is 14.2 Å². The summed E-state index contributed by atoms with van der Waals surface area (Å²) in [6, 6.07) is 13.5. The molecule has 1 saturated heterocycles. The van der Waals surface area contributed by atoms with E-state index in [1.54, 1.807) is 6.07 Å². The second-order valence-electron chi connectivity index (χ2n) is 7.54. The highest BCUT2D eigenvalue weighted by atomic mass is 79.9. The van der Waals surface area contributed by atoms with Gasteiger partial charge in [0.15, 0.2) is 11.5 Å². The van der Waals surface area contributed by atoms with Crippen LogP contribution in [0.3, 0.4) is 0 Å². The van der Waals surface area contributed by atoms with Crippen molar-refractivity contribution in [3.8, 4) is 11.5 Å². The predicted octanol–water partition coefficient (Wildman–Crippen LogP) is 5.16. The molecule has 4 rings (SSSR count). The summed E-state index contributed by atoms with van der Waals surface area (Å²) in [5, 5.41) is 2.78. The summed E-state index contributed by atoms with van der Waals surface area (Å²) in [5.41, 5.74) is 1.46. The molecule has 1 aromatic heterocycles. The highest BCUT2D eigenvalue weighted by Gasteiger charge is 2.35. The Labute approximate surface area is 219 Å². The summed E-state index contributed by atoms with van der Waals surface area (Å²) in [6.45, 7) is 0.105. The van der Waals surface area contributed by atoms with Crippen LogP contribution in [-0.4, -0.2) is 37.0 Å². The van der Waals surface area contributed by atoms with Crippen LogP contribution < -0.4 is 14.8 Å². The summed E-state index contributed by atoms with van der Waals surface area (Å²) >= 11 is 10.0. The molecule has 9 nitrogen and oxygen atoms in total. The minimum atomic E-state index is -0.661. The number of carbonyl (C=O) groups is 3. The number of imide groups is 1. The van der Waals surface area contributed by atoms with Crippen molar-refractivity contribution in [2.24, 2.45) is 0 Å². The lowest BCUT2D eigenvalue weighted by Crippen LogP contribution is -2.30. The van der Waals surface area contributed by atoms with E-state index in [0.717, 1.165) is 10.5 Å². The molecule has 1 N–H and O–H groups in total. The molecule has 186 valence electrons. The Kier molecular flexibility index (Phi) is 7.66. The van der Waals surface area contributed by atoms with E-state index >= 15 is 0 Å². The molecule has 0 saturated carbocycles. The van der Waals surface area contributed by atoms with Gasteiger partial charge in [0.25, 0.3) is 5.91 Å². The van der Waals surface area contributed by atoms with Gasteiger partial charge in [-0.25, -0.2) is 9.59 Å². The Morgan fingerprint density at radius 3 is 2.61 bits per heavy atom. The molecular weight excluding hydrogens is 556 g/mol. The molecule has 0 bridgehead atoms. The molecule has 2 aromatic carbocycles. The number of nitrogens with zero attached hydrogens (tertiary/aromatic N) is 1. The van der Waals surface area contributed by atoms with Gasteiger partial charge in [-0.05, 0) is 51.3 Å². The van der Waals surface area contributed by atoms with Crippen molar-refractivity contribution in [3.63, 3.8) is 0 Å². The lowest BCUT2D eigenvalue weighted by atomic mass is 10.1. The van der Waals surface area contributed by atoms with Crippen LogP contribution in [-0.2, 0) is 22.7 Å². The quantitative estimate of drug-likeness (QED) is 0.225. The fourth-order valence-electron chi connectivity index (χ4n) is 3.43. The van der Waals surface area contributed by atoms with E-state index in [9.17, 15) is 14.4 Å². The number of nitrogens with one attached hydrogen (secondary N) is 1. The minimum Gasteiger partial charge on any atom is -0.493 e. The molecule has 1 aliphatic rings. The maximum atomic E-state index is 12.9. The fraction of sp³-hybridized carbons (Fsp3) is 0.160. The zero-order valence-electron chi connectivity index (χ0n) is 19.2. The fourth-order valence-corrected chi connectivity index (χ4v) is 4.09. The Morgan fingerprint density at radius 1 is 1.17 bits per heavy atom. The second-order valence-corrected chi connectivity index (χ2v) is 8.71.